The number of nitrogens with two attached hydrogens (primary N) is 4. The first kappa shape index (κ1) is 11.8. The summed E-state index contributed by atoms with van der Waals surface area (Å²) in [6.07, 6.45) is 5.76. The molecular formula is C8H22N4. The Kier molecular flexibility index (Phi) is 6.28. The molecule has 0 aromatic rings. The van der Waals surface area contributed by atoms with Crippen molar-refractivity contribution in [1.82, 2.24) is 0 Å². The summed E-state index contributed by atoms with van der Waals surface area (Å²) >= 11 is 0. The summed E-state index contributed by atoms with van der Waals surface area (Å²) in [5.41, 5.74) is 20.8. The van der Waals surface area contributed by atoms with Crippen molar-refractivity contribution in [3.05, 3.63) is 0 Å². The highest BCUT2D eigenvalue weighted by Crippen LogP contribution is 2.20. The molecular weight excluding hydrogens is 152 g/mol. The topological polar surface area (TPSA) is 104 Å². The van der Waals surface area contributed by atoms with Crippen molar-refractivity contribution in [3.63, 3.8) is 0 Å². The smallest absolute Gasteiger partial charge is 0.0636 e. The number of rotatable bonds is 1. The van der Waals surface area contributed by atoms with Crippen LogP contribution in [0.3, 0.4) is 0 Å². The molecule has 0 radical (unpaired) electrons. The molecule has 1 fully saturated rings. The quantitative estimate of drug-likeness (QED) is 0.401. The Balaban J connectivity index is 0.000000261. The highest BCUT2D eigenvalue weighted by Gasteiger charge is 2.21. The summed E-state index contributed by atoms with van der Waals surface area (Å²) in [5.74, 6) is 0. The lowest BCUT2D eigenvalue weighted by Crippen LogP contribution is -2.50. The standard InChI is InChI=1S/C6H14N2.C2H8N2/c7-6(8)4-2-1-3-5-6;3-1-2-4/h1-5,7-8H2;1-4H2. The average molecular weight is 174 g/mol. The molecule has 0 saturated heterocycles. The third-order valence-corrected chi connectivity index (χ3v) is 1.95. The maximum atomic E-state index is 5.66. The van der Waals surface area contributed by atoms with Gasteiger partial charge in [0.25, 0.3) is 0 Å². The van der Waals surface area contributed by atoms with Gasteiger partial charge in [-0.3, -0.25) is 0 Å². The van der Waals surface area contributed by atoms with Crippen molar-refractivity contribution in [1.29, 1.82) is 0 Å². The van der Waals surface area contributed by atoms with Crippen LogP contribution in [0.4, 0.5) is 0 Å². The molecule has 0 aromatic heterocycles. The average Bonchev–Trinajstić information content (AvgIpc) is 2.05. The van der Waals surface area contributed by atoms with Gasteiger partial charge in [0.1, 0.15) is 0 Å². The van der Waals surface area contributed by atoms with E-state index in [-0.39, 0.29) is 5.66 Å². The maximum absolute atomic E-state index is 5.66. The van der Waals surface area contributed by atoms with Gasteiger partial charge in [-0.2, -0.15) is 0 Å². The Hall–Kier alpha value is -0.160. The van der Waals surface area contributed by atoms with E-state index in [2.05, 4.69) is 0 Å². The minimum atomic E-state index is -0.321. The van der Waals surface area contributed by atoms with Crippen LogP contribution >= 0.6 is 0 Å². The van der Waals surface area contributed by atoms with Gasteiger partial charge in [0, 0.05) is 13.1 Å². The van der Waals surface area contributed by atoms with Crippen LogP contribution in [0.2, 0.25) is 0 Å². The van der Waals surface area contributed by atoms with E-state index in [9.17, 15) is 0 Å². The summed E-state index contributed by atoms with van der Waals surface area (Å²) in [6.45, 7) is 1.19. The molecule has 12 heavy (non-hydrogen) atoms. The Morgan fingerprint density at radius 3 is 1.42 bits per heavy atom. The van der Waals surface area contributed by atoms with E-state index in [4.69, 9.17) is 22.9 Å². The molecule has 0 spiro atoms. The lowest BCUT2D eigenvalue weighted by atomic mass is 9.91. The van der Waals surface area contributed by atoms with E-state index < -0.39 is 0 Å². The van der Waals surface area contributed by atoms with Gasteiger partial charge >= 0.3 is 0 Å². The lowest BCUT2D eigenvalue weighted by Gasteiger charge is -2.28. The second-order valence-corrected chi connectivity index (χ2v) is 3.37. The summed E-state index contributed by atoms with van der Waals surface area (Å²) in [6, 6.07) is 0. The molecule has 8 N–H and O–H groups in total. The first-order chi connectivity index (χ1) is 5.62. The van der Waals surface area contributed by atoms with Gasteiger partial charge < -0.3 is 22.9 Å². The number of hydrogen-bond acceptors (Lipinski definition) is 4. The molecule has 1 aliphatic carbocycles. The first-order valence-electron chi connectivity index (χ1n) is 4.60. The molecule has 0 amide bonds. The Bertz CT molecular complexity index is 93.2. The summed E-state index contributed by atoms with van der Waals surface area (Å²) in [5, 5.41) is 0. The van der Waals surface area contributed by atoms with Crippen LogP contribution in [0, 0.1) is 0 Å². The molecule has 0 aromatic carbocycles. The molecule has 0 bridgehead atoms. The van der Waals surface area contributed by atoms with Crippen LogP contribution in [0.25, 0.3) is 0 Å². The van der Waals surface area contributed by atoms with Gasteiger partial charge in [-0.25, -0.2) is 0 Å². The molecule has 0 aliphatic heterocycles. The van der Waals surface area contributed by atoms with Crippen molar-refractivity contribution < 1.29 is 0 Å². The first-order valence-corrected chi connectivity index (χ1v) is 4.60. The fraction of sp³-hybridized carbons (Fsp3) is 1.00. The fourth-order valence-corrected chi connectivity index (χ4v) is 1.21. The maximum Gasteiger partial charge on any atom is 0.0636 e. The van der Waals surface area contributed by atoms with E-state index >= 15 is 0 Å². The zero-order valence-corrected chi connectivity index (χ0v) is 7.76. The van der Waals surface area contributed by atoms with Crippen LogP contribution in [0.1, 0.15) is 32.1 Å². The van der Waals surface area contributed by atoms with Crippen molar-refractivity contribution in [2.24, 2.45) is 22.9 Å². The Labute approximate surface area is 74.7 Å². The van der Waals surface area contributed by atoms with E-state index in [1.165, 1.54) is 19.3 Å². The molecule has 1 saturated carbocycles. The van der Waals surface area contributed by atoms with Crippen molar-refractivity contribution in [2.75, 3.05) is 13.1 Å². The predicted octanol–water partition coefficient (Wildman–Crippen LogP) is -0.532. The van der Waals surface area contributed by atoms with Crippen molar-refractivity contribution in [3.8, 4) is 0 Å². The van der Waals surface area contributed by atoms with Crippen LogP contribution < -0.4 is 22.9 Å². The number of hydrogen-bond donors (Lipinski definition) is 4. The minimum absolute atomic E-state index is 0.321. The Morgan fingerprint density at radius 1 is 0.833 bits per heavy atom. The van der Waals surface area contributed by atoms with Crippen LogP contribution in [0.15, 0.2) is 0 Å². The van der Waals surface area contributed by atoms with Gasteiger partial charge in [-0.1, -0.05) is 19.3 Å². The predicted molar refractivity (Wildman–Crippen MR) is 52.3 cm³/mol. The van der Waals surface area contributed by atoms with Crippen LogP contribution in [-0.2, 0) is 0 Å². The van der Waals surface area contributed by atoms with Gasteiger partial charge in [-0.15, -0.1) is 0 Å². The Morgan fingerprint density at radius 2 is 1.25 bits per heavy atom. The third kappa shape index (κ3) is 6.54. The van der Waals surface area contributed by atoms with Crippen LogP contribution in [0.5, 0.6) is 0 Å². The summed E-state index contributed by atoms with van der Waals surface area (Å²) in [7, 11) is 0. The van der Waals surface area contributed by atoms with Gasteiger partial charge in [0.15, 0.2) is 0 Å². The van der Waals surface area contributed by atoms with Gasteiger partial charge in [0.2, 0.25) is 0 Å². The zero-order chi connectivity index (χ0) is 9.45. The molecule has 4 heteroatoms. The monoisotopic (exact) mass is 174 g/mol. The highest BCUT2D eigenvalue weighted by molar-refractivity contribution is 4.79. The normalized spacial score (nSPS) is 21.0. The van der Waals surface area contributed by atoms with E-state index in [1.807, 2.05) is 0 Å². The molecule has 0 heterocycles. The zero-order valence-electron chi connectivity index (χ0n) is 7.76. The second-order valence-electron chi connectivity index (χ2n) is 3.37. The van der Waals surface area contributed by atoms with Crippen molar-refractivity contribution >= 4 is 0 Å². The lowest BCUT2D eigenvalue weighted by molar-refractivity contribution is 0.306. The molecule has 1 aliphatic rings. The van der Waals surface area contributed by atoms with Crippen molar-refractivity contribution in [2.45, 2.75) is 37.8 Å². The fourth-order valence-electron chi connectivity index (χ4n) is 1.21. The largest absolute Gasteiger partial charge is 0.329 e. The van der Waals surface area contributed by atoms with E-state index in [0.717, 1.165) is 12.8 Å². The molecule has 74 valence electrons. The third-order valence-electron chi connectivity index (χ3n) is 1.95. The molecule has 0 atom stereocenters. The molecule has 0 unspecified atom stereocenters. The molecule has 4 nitrogen and oxygen atoms in total. The van der Waals surface area contributed by atoms with Crippen LogP contribution in [-0.4, -0.2) is 18.8 Å². The highest BCUT2D eigenvalue weighted by atomic mass is 14.9. The second kappa shape index (κ2) is 6.37. The summed E-state index contributed by atoms with van der Waals surface area (Å²) < 4.78 is 0. The van der Waals surface area contributed by atoms with E-state index in [1.54, 1.807) is 0 Å². The minimum Gasteiger partial charge on any atom is -0.329 e. The molecule has 1 rings (SSSR count). The summed E-state index contributed by atoms with van der Waals surface area (Å²) in [4.78, 5) is 0. The van der Waals surface area contributed by atoms with Gasteiger partial charge in [0.05, 0.1) is 5.66 Å². The van der Waals surface area contributed by atoms with Gasteiger partial charge in [-0.05, 0) is 12.8 Å². The SMILES string of the molecule is NC1(N)CCCCC1.NCCN. The van der Waals surface area contributed by atoms with E-state index in [0.29, 0.717) is 13.1 Å².